The number of amides is 1. The summed E-state index contributed by atoms with van der Waals surface area (Å²) in [5.74, 6) is 0.925. The number of carbonyl (C=O) groups excluding carboxylic acids is 1. The van der Waals surface area contributed by atoms with Crippen LogP contribution in [-0.4, -0.2) is 34.6 Å². The molecule has 0 radical (unpaired) electrons. The molecule has 1 amide bonds. The molecule has 0 aliphatic rings. The number of hydrogen-bond acceptors (Lipinski definition) is 5. The first kappa shape index (κ1) is 27.7. The van der Waals surface area contributed by atoms with Crippen molar-refractivity contribution in [3.05, 3.63) is 119 Å². The molecule has 0 saturated heterocycles. The van der Waals surface area contributed by atoms with Gasteiger partial charge in [0.2, 0.25) is 0 Å². The average Bonchev–Trinajstić information content (AvgIpc) is 2.96. The quantitative estimate of drug-likeness (QED) is 0.252. The first-order chi connectivity index (χ1) is 18.8. The molecule has 0 bridgehead atoms. The van der Waals surface area contributed by atoms with Gasteiger partial charge < -0.3 is 14.8 Å². The molecule has 0 aliphatic carbocycles. The largest absolute Gasteiger partial charge is 0.497 e. The summed E-state index contributed by atoms with van der Waals surface area (Å²) < 4.78 is 40.2. The lowest BCUT2D eigenvalue weighted by Crippen LogP contribution is -2.34. The topological polar surface area (TPSA) is 84.9 Å². The Bertz CT molecular complexity index is 1520. The Morgan fingerprint density at radius 1 is 0.872 bits per heavy atom. The zero-order valence-electron chi connectivity index (χ0n) is 22.3. The molecule has 4 rings (SSSR count). The number of nitrogens with one attached hydrogen (secondary N) is 1. The van der Waals surface area contributed by atoms with Crippen LogP contribution in [0.15, 0.2) is 102 Å². The highest BCUT2D eigenvalue weighted by molar-refractivity contribution is 7.92. The fraction of sp³-hybridized carbons (Fsp3) is 0.194. The number of aryl methyl sites for hydroxylation is 2. The number of nitrogens with zero attached hydrogens (tertiary/aromatic N) is 1. The molecule has 4 aromatic carbocycles. The van der Waals surface area contributed by atoms with Gasteiger partial charge >= 0.3 is 0 Å². The zero-order valence-corrected chi connectivity index (χ0v) is 23.1. The predicted molar refractivity (Wildman–Crippen MR) is 153 cm³/mol. The van der Waals surface area contributed by atoms with Gasteiger partial charge in [0.05, 0.1) is 36.3 Å². The molecule has 0 heterocycles. The molecule has 39 heavy (non-hydrogen) atoms. The minimum Gasteiger partial charge on any atom is -0.497 e. The fourth-order valence-electron chi connectivity index (χ4n) is 4.09. The van der Waals surface area contributed by atoms with E-state index in [1.165, 1.54) is 23.5 Å². The Kier molecular flexibility index (Phi) is 8.88. The average molecular weight is 545 g/mol. The van der Waals surface area contributed by atoms with Crippen molar-refractivity contribution in [2.24, 2.45) is 0 Å². The second kappa shape index (κ2) is 12.5. The number of hydrogen-bond donors (Lipinski definition) is 1. The number of carbonyl (C=O) groups is 1. The molecule has 7 nitrogen and oxygen atoms in total. The maximum atomic E-state index is 13.9. The Balaban J connectivity index is 1.59. The number of rotatable bonds is 11. The van der Waals surface area contributed by atoms with E-state index in [0.29, 0.717) is 5.75 Å². The van der Waals surface area contributed by atoms with E-state index in [1.54, 1.807) is 36.4 Å². The maximum Gasteiger partial charge on any atom is 0.264 e. The van der Waals surface area contributed by atoms with Crippen molar-refractivity contribution in [2.45, 2.75) is 25.3 Å². The van der Waals surface area contributed by atoms with Crippen LogP contribution in [0.4, 0.5) is 5.69 Å². The summed E-state index contributed by atoms with van der Waals surface area (Å²) in [7, 11) is -2.51. The van der Waals surface area contributed by atoms with Crippen LogP contribution < -0.4 is 19.1 Å². The van der Waals surface area contributed by atoms with Crippen LogP contribution in [0.2, 0.25) is 0 Å². The number of para-hydroxylation sites is 1. The lowest BCUT2D eigenvalue weighted by molar-refractivity contribution is 0.0947. The predicted octanol–water partition coefficient (Wildman–Crippen LogP) is 5.52. The highest BCUT2D eigenvalue weighted by Gasteiger charge is 2.28. The van der Waals surface area contributed by atoms with Gasteiger partial charge in [-0.2, -0.15) is 0 Å². The normalized spacial score (nSPS) is 11.1. The van der Waals surface area contributed by atoms with Crippen molar-refractivity contribution in [2.75, 3.05) is 24.6 Å². The van der Waals surface area contributed by atoms with E-state index in [-0.39, 0.29) is 35.8 Å². The molecule has 0 atom stereocenters. The Morgan fingerprint density at radius 3 is 2.28 bits per heavy atom. The van der Waals surface area contributed by atoms with Crippen LogP contribution in [-0.2, 0) is 16.6 Å². The summed E-state index contributed by atoms with van der Waals surface area (Å²) in [6.45, 7) is 4.54. The molecule has 0 unspecified atom stereocenters. The standard InChI is InChI=1S/C31H32N2O5S/c1-23-13-14-24(2)30(21-23)38-20-19-32-31(34)28-11-7-8-12-29(28)33(22-25-9-5-4-6-10-25)39(35,36)27-17-15-26(37-3)16-18-27/h4-18,21H,19-20,22H2,1-3H3,(H,32,34). The van der Waals surface area contributed by atoms with Crippen molar-refractivity contribution < 1.29 is 22.7 Å². The van der Waals surface area contributed by atoms with Gasteiger partial charge in [0, 0.05) is 0 Å². The van der Waals surface area contributed by atoms with Crippen molar-refractivity contribution in [1.29, 1.82) is 0 Å². The Hall–Kier alpha value is -4.30. The Morgan fingerprint density at radius 2 is 1.56 bits per heavy atom. The summed E-state index contributed by atoms with van der Waals surface area (Å²) in [5.41, 5.74) is 3.41. The molecule has 1 N–H and O–H groups in total. The minimum absolute atomic E-state index is 0.0508. The molecule has 8 heteroatoms. The second-order valence-corrected chi connectivity index (χ2v) is 10.9. The van der Waals surface area contributed by atoms with E-state index in [2.05, 4.69) is 5.32 Å². The van der Waals surface area contributed by atoms with Gasteiger partial charge in [0.25, 0.3) is 15.9 Å². The zero-order chi connectivity index (χ0) is 27.8. The lowest BCUT2D eigenvalue weighted by Gasteiger charge is -2.26. The number of methoxy groups -OCH3 is 1. The molecule has 0 fully saturated rings. The van der Waals surface area contributed by atoms with E-state index < -0.39 is 15.9 Å². The monoisotopic (exact) mass is 544 g/mol. The van der Waals surface area contributed by atoms with Crippen LogP contribution in [0.1, 0.15) is 27.0 Å². The first-order valence-corrected chi connectivity index (χ1v) is 14.0. The summed E-state index contributed by atoms with van der Waals surface area (Å²) >= 11 is 0. The highest BCUT2D eigenvalue weighted by Crippen LogP contribution is 2.30. The minimum atomic E-state index is -4.03. The third-order valence-electron chi connectivity index (χ3n) is 6.22. The van der Waals surface area contributed by atoms with Gasteiger partial charge in [-0.1, -0.05) is 54.6 Å². The summed E-state index contributed by atoms with van der Waals surface area (Å²) in [4.78, 5) is 13.4. The van der Waals surface area contributed by atoms with Crippen molar-refractivity contribution in [3.63, 3.8) is 0 Å². The van der Waals surface area contributed by atoms with Crippen LogP contribution in [0.25, 0.3) is 0 Å². The van der Waals surface area contributed by atoms with Gasteiger partial charge in [-0.25, -0.2) is 8.42 Å². The molecule has 202 valence electrons. The molecule has 4 aromatic rings. The molecule has 0 spiro atoms. The smallest absolute Gasteiger partial charge is 0.264 e. The van der Waals surface area contributed by atoms with E-state index in [9.17, 15) is 13.2 Å². The van der Waals surface area contributed by atoms with E-state index in [0.717, 1.165) is 22.4 Å². The first-order valence-electron chi connectivity index (χ1n) is 12.6. The van der Waals surface area contributed by atoms with Crippen molar-refractivity contribution in [1.82, 2.24) is 5.32 Å². The van der Waals surface area contributed by atoms with Crippen LogP contribution in [0, 0.1) is 13.8 Å². The number of benzene rings is 4. The molecular formula is C31H32N2O5S. The number of ether oxygens (including phenoxy) is 2. The highest BCUT2D eigenvalue weighted by atomic mass is 32.2. The molecule has 0 saturated carbocycles. The third-order valence-corrected chi connectivity index (χ3v) is 8.00. The van der Waals surface area contributed by atoms with Gasteiger partial charge in [-0.15, -0.1) is 0 Å². The third kappa shape index (κ3) is 6.78. The van der Waals surface area contributed by atoms with Gasteiger partial charge in [-0.3, -0.25) is 9.10 Å². The molecule has 0 aliphatic heterocycles. The van der Waals surface area contributed by atoms with E-state index in [4.69, 9.17) is 9.47 Å². The lowest BCUT2D eigenvalue weighted by atomic mass is 10.1. The van der Waals surface area contributed by atoms with Crippen LogP contribution in [0.5, 0.6) is 11.5 Å². The van der Waals surface area contributed by atoms with Gasteiger partial charge in [0.1, 0.15) is 18.1 Å². The number of anilines is 1. The van der Waals surface area contributed by atoms with Gasteiger partial charge in [0.15, 0.2) is 0 Å². The van der Waals surface area contributed by atoms with Crippen molar-refractivity contribution >= 4 is 21.6 Å². The van der Waals surface area contributed by atoms with Gasteiger partial charge in [-0.05, 0) is 73.0 Å². The molecule has 0 aromatic heterocycles. The molecular weight excluding hydrogens is 512 g/mol. The summed E-state index contributed by atoms with van der Waals surface area (Å²) in [6.07, 6.45) is 0. The summed E-state index contributed by atoms with van der Waals surface area (Å²) in [5, 5.41) is 2.87. The second-order valence-electron chi connectivity index (χ2n) is 9.06. The summed E-state index contributed by atoms with van der Waals surface area (Å²) in [6, 6.07) is 28.1. The van der Waals surface area contributed by atoms with E-state index >= 15 is 0 Å². The Labute approximate surface area is 230 Å². The van der Waals surface area contributed by atoms with E-state index in [1.807, 2.05) is 62.4 Å². The van der Waals surface area contributed by atoms with Crippen LogP contribution >= 0.6 is 0 Å². The van der Waals surface area contributed by atoms with Crippen molar-refractivity contribution in [3.8, 4) is 11.5 Å². The SMILES string of the molecule is COc1ccc(S(=O)(=O)N(Cc2ccccc2)c2ccccc2C(=O)NCCOc2cc(C)ccc2C)cc1. The maximum absolute atomic E-state index is 13.9. The number of sulfonamides is 1. The fourth-order valence-corrected chi connectivity index (χ4v) is 5.56. The van der Waals surface area contributed by atoms with Crippen LogP contribution in [0.3, 0.4) is 0 Å².